The Kier molecular flexibility index (Phi) is 5.32. The van der Waals surface area contributed by atoms with Gasteiger partial charge < -0.3 is 15.5 Å². The fourth-order valence-electron chi connectivity index (χ4n) is 4.00. The SMILES string of the molecule is CNCCC1=C2C(=O)C=C(C3=NC4=CC=CC(=O)C4=C3CCN(C)C)C=C2NC1=O. The Hall–Kier alpha value is -3.16. The molecule has 2 N–H and O–H groups in total. The minimum absolute atomic E-state index is 0.0699. The van der Waals surface area contributed by atoms with Crippen LogP contribution in [0.4, 0.5) is 0 Å². The van der Waals surface area contributed by atoms with Gasteiger partial charge in [-0.25, -0.2) is 4.99 Å². The topological polar surface area (TPSA) is 90.9 Å². The Bertz CT molecular complexity index is 1080. The number of hydrogen-bond acceptors (Lipinski definition) is 6. The number of hydrogen-bond donors (Lipinski definition) is 2. The van der Waals surface area contributed by atoms with Crippen LogP contribution in [0.1, 0.15) is 12.8 Å². The maximum absolute atomic E-state index is 13.0. The number of fused-ring (bicyclic) bond motifs is 2. The molecule has 2 aliphatic carbocycles. The van der Waals surface area contributed by atoms with Crippen LogP contribution in [0.15, 0.2) is 74.6 Å². The summed E-state index contributed by atoms with van der Waals surface area (Å²) in [5.74, 6) is -0.510. The summed E-state index contributed by atoms with van der Waals surface area (Å²) in [6.07, 6.45) is 9.50. The highest BCUT2D eigenvalue weighted by atomic mass is 16.2. The van der Waals surface area contributed by atoms with Gasteiger partial charge in [0.1, 0.15) is 0 Å². The molecule has 7 nitrogen and oxygen atoms in total. The normalized spacial score (nSPS) is 20.3. The van der Waals surface area contributed by atoms with Gasteiger partial charge in [0, 0.05) is 17.7 Å². The molecule has 2 aliphatic heterocycles. The van der Waals surface area contributed by atoms with E-state index >= 15 is 0 Å². The van der Waals surface area contributed by atoms with Gasteiger partial charge in [-0.3, -0.25) is 14.4 Å². The highest BCUT2D eigenvalue weighted by Gasteiger charge is 2.36. The summed E-state index contributed by atoms with van der Waals surface area (Å²) in [4.78, 5) is 44.6. The van der Waals surface area contributed by atoms with Crippen molar-refractivity contribution in [2.24, 2.45) is 4.99 Å². The molecule has 7 heteroatoms. The van der Waals surface area contributed by atoms with Gasteiger partial charge in [-0.05, 0) is 70.4 Å². The summed E-state index contributed by atoms with van der Waals surface area (Å²) >= 11 is 0. The highest BCUT2D eigenvalue weighted by Crippen LogP contribution is 2.36. The van der Waals surface area contributed by atoms with Crippen LogP contribution >= 0.6 is 0 Å². The Morgan fingerprint density at radius 3 is 2.57 bits per heavy atom. The van der Waals surface area contributed by atoms with E-state index in [-0.39, 0.29) is 17.5 Å². The monoisotopic (exact) mass is 404 g/mol. The molecule has 4 rings (SSSR count). The van der Waals surface area contributed by atoms with Gasteiger partial charge in [-0.15, -0.1) is 0 Å². The van der Waals surface area contributed by atoms with Crippen LogP contribution in [0.5, 0.6) is 0 Å². The summed E-state index contributed by atoms with van der Waals surface area (Å²) in [5.41, 5.74) is 4.79. The van der Waals surface area contributed by atoms with Crippen LogP contribution < -0.4 is 10.6 Å². The Morgan fingerprint density at radius 2 is 1.83 bits per heavy atom. The number of ketones is 2. The second-order valence-corrected chi connectivity index (χ2v) is 7.83. The molecule has 2 heterocycles. The number of carbonyl (C=O) groups excluding carboxylic acids is 3. The van der Waals surface area contributed by atoms with Crippen molar-refractivity contribution in [3.05, 3.63) is 69.6 Å². The standard InChI is InChI=1S/C23H24N4O3/c1-24-9-7-15-21-17(26-23(15)30)11-13(12-19(21)29)22-14(8-10-27(2)3)20-16(25-22)5-4-6-18(20)28/h4-6,11-12,24H,7-10H2,1-3H3,(H,26,30). The molecule has 0 aromatic carbocycles. The van der Waals surface area contributed by atoms with Crippen LogP contribution in [0.3, 0.4) is 0 Å². The molecule has 0 aromatic rings. The van der Waals surface area contributed by atoms with Crippen LogP contribution in [0, 0.1) is 0 Å². The largest absolute Gasteiger partial charge is 0.322 e. The summed E-state index contributed by atoms with van der Waals surface area (Å²) in [7, 11) is 5.75. The smallest absolute Gasteiger partial charge is 0.252 e. The molecule has 154 valence electrons. The number of aliphatic imine (C=N–C) groups is 1. The van der Waals surface area contributed by atoms with Gasteiger partial charge in [-0.2, -0.15) is 0 Å². The first kappa shape index (κ1) is 20.1. The van der Waals surface area contributed by atoms with Gasteiger partial charge >= 0.3 is 0 Å². The summed E-state index contributed by atoms with van der Waals surface area (Å²) < 4.78 is 0. The molecular formula is C23H24N4O3. The maximum atomic E-state index is 13.0. The van der Waals surface area contributed by atoms with Gasteiger partial charge in [0.2, 0.25) is 0 Å². The lowest BCUT2D eigenvalue weighted by Crippen LogP contribution is -2.21. The van der Waals surface area contributed by atoms with Gasteiger partial charge in [-0.1, -0.05) is 6.08 Å². The molecule has 0 radical (unpaired) electrons. The molecule has 0 fully saturated rings. The quantitative estimate of drug-likeness (QED) is 0.664. The lowest BCUT2D eigenvalue weighted by molar-refractivity contribution is -0.116. The fourth-order valence-corrected chi connectivity index (χ4v) is 4.00. The summed E-state index contributed by atoms with van der Waals surface area (Å²) in [6.45, 7) is 1.36. The zero-order valence-corrected chi connectivity index (χ0v) is 17.3. The Morgan fingerprint density at radius 1 is 1.03 bits per heavy atom. The first-order chi connectivity index (χ1) is 14.4. The number of nitrogens with zero attached hydrogens (tertiary/aromatic N) is 2. The number of rotatable bonds is 7. The molecule has 0 saturated carbocycles. The van der Waals surface area contributed by atoms with Crippen molar-refractivity contribution in [1.82, 2.24) is 15.5 Å². The molecule has 4 aliphatic rings. The third-order valence-corrected chi connectivity index (χ3v) is 5.46. The molecule has 0 aromatic heterocycles. The zero-order chi connectivity index (χ0) is 21.4. The number of carbonyl (C=O) groups is 3. The second-order valence-electron chi connectivity index (χ2n) is 7.83. The van der Waals surface area contributed by atoms with Crippen LogP contribution in [0.2, 0.25) is 0 Å². The van der Waals surface area contributed by atoms with E-state index in [4.69, 9.17) is 0 Å². The van der Waals surface area contributed by atoms with Crippen molar-refractivity contribution in [3.63, 3.8) is 0 Å². The average Bonchev–Trinajstić information content (AvgIpc) is 3.22. The molecule has 1 amide bonds. The molecule has 30 heavy (non-hydrogen) atoms. The van der Waals surface area contributed by atoms with E-state index in [0.29, 0.717) is 58.8 Å². The van der Waals surface area contributed by atoms with Crippen LogP contribution in [-0.2, 0) is 14.4 Å². The minimum Gasteiger partial charge on any atom is -0.322 e. The van der Waals surface area contributed by atoms with Crippen LogP contribution in [0.25, 0.3) is 0 Å². The van der Waals surface area contributed by atoms with E-state index in [9.17, 15) is 14.4 Å². The zero-order valence-electron chi connectivity index (χ0n) is 17.3. The van der Waals surface area contributed by atoms with Crippen molar-refractivity contribution in [2.45, 2.75) is 12.8 Å². The maximum Gasteiger partial charge on any atom is 0.252 e. The first-order valence-corrected chi connectivity index (χ1v) is 9.98. The second kappa shape index (κ2) is 7.93. The lowest BCUT2D eigenvalue weighted by Gasteiger charge is -2.16. The van der Waals surface area contributed by atoms with E-state index in [1.54, 1.807) is 19.2 Å². The Balaban J connectivity index is 1.73. The van der Waals surface area contributed by atoms with Gasteiger partial charge in [0.05, 0.1) is 28.3 Å². The average molecular weight is 404 g/mol. The Labute approximate surface area is 175 Å². The molecule has 0 atom stereocenters. The number of nitrogens with one attached hydrogen (secondary N) is 2. The van der Waals surface area contributed by atoms with E-state index in [0.717, 1.165) is 12.1 Å². The number of allylic oxidation sites excluding steroid dienone is 8. The molecule has 0 bridgehead atoms. The summed E-state index contributed by atoms with van der Waals surface area (Å²) in [6, 6.07) is 0. The predicted octanol–water partition coefficient (Wildman–Crippen LogP) is 1.14. The first-order valence-electron chi connectivity index (χ1n) is 9.98. The molecule has 0 saturated heterocycles. The van der Waals surface area contributed by atoms with Crippen molar-refractivity contribution in [2.75, 3.05) is 34.2 Å². The van der Waals surface area contributed by atoms with Crippen molar-refractivity contribution >= 4 is 23.2 Å². The van der Waals surface area contributed by atoms with Crippen molar-refractivity contribution in [3.8, 4) is 0 Å². The fraction of sp³-hybridized carbons (Fsp3) is 0.304. The third kappa shape index (κ3) is 3.46. The summed E-state index contributed by atoms with van der Waals surface area (Å²) in [5, 5.41) is 5.83. The van der Waals surface area contributed by atoms with Crippen molar-refractivity contribution in [1.29, 1.82) is 0 Å². The highest BCUT2D eigenvalue weighted by molar-refractivity contribution is 6.29. The van der Waals surface area contributed by atoms with E-state index in [1.165, 1.54) is 12.2 Å². The third-order valence-electron chi connectivity index (χ3n) is 5.46. The van der Waals surface area contributed by atoms with Gasteiger partial charge in [0.15, 0.2) is 11.6 Å². The predicted molar refractivity (Wildman–Crippen MR) is 115 cm³/mol. The van der Waals surface area contributed by atoms with Crippen LogP contribution in [-0.4, -0.2) is 62.3 Å². The van der Waals surface area contributed by atoms with Gasteiger partial charge in [0.25, 0.3) is 5.91 Å². The molecule has 0 unspecified atom stereocenters. The molecule has 0 spiro atoms. The number of amides is 1. The van der Waals surface area contributed by atoms with Crippen molar-refractivity contribution < 1.29 is 14.4 Å². The minimum atomic E-state index is -0.232. The van der Waals surface area contributed by atoms with E-state index in [1.807, 2.05) is 25.1 Å². The van der Waals surface area contributed by atoms with E-state index < -0.39 is 0 Å². The molecular weight excluding hydrogens is 380 g/mol. The van der Waals surface area contributed by atoms with E-state index in [2.05, 4.69) is 15.6 Å². The lowest BCUT2D eigenvalue weighted by atomic mass is 9.88.